The fourth-order valence-corrected chi connectivity index (χ4v) is 6.01. The molecule has 0 aromatic heterocycles. The molecule has 3 rings (SSSR count). The molecule has 0 bridgehead atoms. The first kappa shape index (κ1) is 20.3. The van der Waals surface area contributed by atoms with Crippen molar-refractivity contribution in [1.29, 1.82) is 0 Å². The minimum absolute atomic E-state index is 0.811. The maximum Gasteiger partial charge on any atom is 0.0920 e. The minimum atomic E-state index is 0.811. The first-order valence-electron chi connectivity index (χ1n) is 12.1. The van der Waals surface area contributed by atoms with E-state index in [1.165, 1.54) is 95.7 Å². The highest BCUT2D eigenvalue weighted by Gasteiger charge is 2.30. The summed E-state index contributed by atoms with van der Waals surface area (Å²) in [6.07, 6.45) is 24.0. The van der Waals surface area contributed by atoms with Crippen LogP contribution in [0, 0.1) is 29.6 Å². The lowest BCUT2D eigenvalue weighted by molar-refractivity contribution is 0.0821. The summed E-state index contributed by atoms with van der Waals surface area (Å²) < 4.78 is 6.02. The maximum absolute atomic E-state index is 6.02. The number of allylic oxidation sites excluding steroid dienone is 2. The molecule has 1 unspecified atom stereocenters. The smallest absolute Gasteiger partial charge is 0.0920 e. The van der Waals surface area contributed by atoms with Gasteiger partial charge in [-0.05, 0) is 61.3 Å². The van der Waals surface area contributed by atoms with E-state index in [4.69, 9.17) is 4.74 Å². The summed E-state index contributed by atoms with van der Waals surface area (Å²) in [5, 5.41) is 0. The second-order valence-corrected chi connectivity index (χ2v) is 9.76. The summed E-state index contributed by atoms with van der Waals surface area (Å²) in [6, 6.07) is 0. The van der Waals surface area contributed by atoms with Crippen LogP contribution in [0.4, 0.5) is 0 Å². The van der Waals surface area contributed by atoms with Crippen molar-refractivity contribution in [1.82, 2.24) is 0 Å². The van der Waals surface area contributed by atoms with Crippen LogP contribution >= 0.6 is 0 Å². The van der Waals surface area contributed by atoms with Crippen LogP contribution in [0.2, 0.25) is 0 Å². The Hall–Kier alpha value is -0.460. The highest BCUT2D eigenvalue weighted by Crippen LogP contribution is 2.40. The monoisotopic (exact) mass is 360 g/mol. The van der Waals surface area contributed by atoms with Crippen molar-refractivity contribution >= 4 is 0 Å². The molecule has 0 aromatic rings. The highest BCUT2D eigenvalue weighted by atomic mass is 16.5. The average molecular weight is 361 g/mol. The fraction of sp³-hybridized carbons (Fsp3) is 0.920. The summed E-state index contributed by atoms with van der Waals surface area (Å²) in [5.41, 5.74) is 0. The molecule has 0 saturated heterocycles. The quantitative estimate of drug-likeness (QED) is 0.427. The van der Waals surface area contributed by atoms with Gasteiger partial charge in [0.05, 0.1) is 12.4 Å². The zero-order valence-corrected chi connectivity index (χ0v) is 17.7. The third-order valence-electron chi connectivity index (χ3n) is 7.83. The molecule has 26 heavy (non-hydrogen) atoms. The van der Waals surface area contributed by atoms with E-state index in [1.54, 1.807) is 0 Å². The molecule has 2 aliphatic carbocycles. The molecule has 2 fully saturated rings. The lowest BCUT2D eigenvalue weighted by Gasteiger charge is -2.36. The van der Waals surface area contributed by atoms with E-state index in [0.717, 1.165) is 42.6 Å². The van der Waals surface area contributed by atoms with E-state index in [1.807, 2.05) is 0 Å². The van der Waals surface area contributed by atoms with Gasteiger partial charge in [-0.2, -0.15) is 0 Å². The summed E-state index contributed by atoms with van der Waals surface area (Å²) >= 11 is 0. The van der Waals surface area contributed by atoms with Crippen LogP contribution in [0.5, 0.6) is 0 Å². The van der Waals surface area contributed by atoms with Crippen molar-refractivity contribution in [3.8, 4) is 0 Å². The first-order chi connectivity index (χ1) is 12.8. The van der Waals surface area contributed by atoms with Gasteiger partial charge in [0.25, 0.3) is 0 Å². The third kappa shape index (κ3) is 6.03. The topological polar surface area (TPSA) is 9.23 Å². The Morgan fingerprint density at radius 2 is 1.31 bits per heavy atom. The number of hydrogen-bond acceptors (Lipinski definition) is 1. The van der Waals surface area contributed by atoms with Gasteiger partial charge in [-0.3, -0.25) is 0 Å². The Balaban J connectivity index is 1.30. The van der Waals surface area contributed by atoms with Gasteiger partial charge in [0.15, 0.2) is 0 Å². The molecular weight excluding hydrogens is 316 g/mol. The molecule has 0 aromatic carbocycles. The maximum atomic E-state index is 6.02. The van der Waals surface area contributed by atoms with Crippen molar-refractivity contribution in [2.75, 3.05) is 6.61 Å². The van der Waals surface area contributed by atoms with Crippen LogP contribution in [-0.2, 0) is 4.74 Å². The van der Waals surface area contributed by atoms with E-state index in [9.17, 15) is 0 Å². The number of rotatable bonds is 8. The van der Waals surface area contributed by atoms with E-state index < -0.39 is 0 Å². The fourth-order valence-electron chi connectivity index (χ4n) is 6.01. The lowest BCUT2D eigenvalue weighted by Crippen LogP contribution is -2.27. The molecule has 2 saturated carbocycles. The Bertz CT molecular complexity index is 410. The minimum Gasteiger partial charge on any atom is -0.498 e. The summed E-state index contributed by atoms with van der Waals surface area (Å²) in [5.74, 6) is 6.19. The molecule has 150 valence electrons. The third-order valence-corrected chi connectivity index (χ3v) is 7.83. The predicted octanol–water partition coefficient (Wildman–Crippen LogP) is 7.90. The van der Waals surface area contributed by atoms with Crippen molar-refractivity contribution < 1.29 is 4.74 Å². The molecular formula is C25H44O. The number of hydrogen-bond donors (Lipinski definition) is 0. The summed E-state index contributed by atoms with van der Waals surface area (Å²) in [6.45, 7) is 5.60. The molecule has 1 aliphatic heterocycles. The van der Waals surface area contributed by atoms with E-state index in [2.05, 4.69) is 19.9 Å². The Morgan fingerprint density at radius 3 is 1.81 bits per heavy atom. The molecule has 1 heteroatoms. The van der Waals surface area contributed by atoms with Crippen molar-refractivity contribution in [3.63, 3.8) is 0 Å². The van der Waals surface area contributed by atoms with E-state index >= 15 is 0 Å². The van der Waals surface area contributed by atoms with Crippen LogP contribution < -0.4 is 0 Å². The van der Waals surface area contributed by atoms with Crippen molar-refractivity contribution in [2.24, 2.45) is 29.6 Å². The second-order valence-electron chi connectivity index (χ2n) is 9.76. The van der Waals surface area contributed by atoms with Gasteiger partial charge in [0.2, 0.25) is 0 Å². The zero-order chi connectivity index (χ0) is 18.2. The van der Waals surface area contributed by atoms with Gasteiger partial charge in [0, 0.05) is 6.42 Å². The SMILES string of the molecule is CCCC1=CCC(C2CCC(CCC3CCC(CCC)CC3)CC2)CO1. The Labute approximate surface area is 163 Å². The molecule has 1 atom stereocenters. The zero-order valence-electron chi connectivity index (χ0n) is 17.7. The van der Waals surface area contributed by atoms with Crippen molar-refractivity contribution in [2.45, 2.75) is 110 Å². The van der Waals surface area contributed by atoms with Gasteiger partial charge in [0.1, 0.15) is 0 Å². The largest absolute Gasteiger partial charge is 0.498 e. The van der Waals surface area contributed by atoms with Crippen LogP contribution in [0.1, 0.15) is 110 Å². The summed E-state index contributed by atoms with van der Waals surface area (Å²) in [4.78, 5) is 0. The highest BCUT2D eigenvalue weighted by molar-refractivity contribution is 4.99. The Morgan fingerprint density at radius 1 is 0.731 bits per heavy atom. The first-order valence-corrected chi connectivity index (χ1v) is 12.1. The van der Waals surface area contributed by atoms with Crippen LogP contribution in [-0.4, -0.2) is 6.61 Å². The van der Waals surface area contributed by atoms with Crippen molar-refractivity contribution in [3.05, 3.63) is 11.8 Å². The molecule has 0 N–H and O–H groups in total. The van der Waals surface area contributed by atoms with Gasteiger partial charge in [-0.15, -0.1) is 0 Å². The number of ether oxygens (including phenoxy) is 1. The molecule has 1 heterocycles. The van der Waals surface area contributed by atoms with Crippen LogP contribution in [0.25, 0.3) is 0 Å². The second kappa shape index (κ2) is 10.8. The predicted molar refractivity (Wildman–Crippen MR) is 112 cm³/mol. The van der Waals surface area contributed by atoms with Gasteiger partial charge >= 0.3 is 0 Å². The summed E-state index contributed by atoms with van der Waals surface area (Å²) in [7, 11) is 0. The Kier molecular flexibility index (Phi) is 8.40. The van der Waals surface area contributed by atoms with E-state index in [0.29, 0.717) is 0 Å². The van der Waals surface area contributed by atoms with Crippen LogP contribution in [0.3, 0.4) is 0 Å². The molecule has 1 nitrogen and oxygen atoms in total. The normalized spacial score (nSPS) is 35.6. The van der Waals surface area contributed by atoms with E-state index in [-0.39, 0.29) is 0 Å². The molecule has 0 spiro atoms. The molecule has 0 amide bonds. The van der Waals surface area contributed by atoms with Gasteiger partial charge in [-0.1, -0.05) is 78.1 Å². The molecule has 0 radical (unpaired) electrons. The average Bonchev–Trinajstić information content (AvgIpc) is 2.69. The van der Waals surface area contributed by atoms with Gasteiger partial charge < -0.3 is 4.74 Å². The lowest BCUT2D eigenvalue weighted by atomic mass is 9.72. The van der Waals surface area contributed by atoms with Crippen LogP contribution in [0.15, 0.2) is 11.8 Å². The van der Waals surface area contributed by atoms with Gasteiger partial charge in [-0.25, -0.2) is 0 Å². The molecule has 3 aliphatic rings. The standard InChI is InChI=1S/C25H44O/c1-3-5-20-7-9-21(10-8-20)11-12-22-13-15-23(16-14-22)24-17-18-25(6-4-2)26-19-24/h18,20-24H,3-17,19H2,1-2H3.